The number of nitrogens with zero attached hydrogens (tertiary/aromatic N) is 3. The summed E-state index contributed by atoms with van der Waals surface area (Å²) in [5.41, 5.74) is 1.49. The van der Waals surface area contributed by atoms with Crippen LogP contribution < -0.4 is 10.9 Å². The van der Waals surface area contributed by atoms with Crippen molar-refractivity contribution in [3.63, 3.8) is 0 Å². The summed E-state index contributed by atoms with van der Waals surface area (Å²) in [5, 5.41) is 11.1. The lowest BCUT2D eigenvalue weighted by atomic mass is 10.1. The van der Waals surface area contributed by atoms with E-state index in [9.17, 15) is 4.79 Å². The Labute approximate surface area is 171 Å². The van der Waals surface area contributed by atoms with Gasteiger partial charge in [0.05, 0.1) is 28.8 Å². The van der Waals surface area contributed by atoms with Gasteiger partial charge in [-0.1, -0.05) is 29.3 Å². The summed E-state index contributed by atoms with van der Waals surface area (Å²) in [6, 6.07) is 5.17. The second-order valence-corrected chi connectivity index (χ2v) is 7.66. The summed E-state index contributed by atoms with van der Waals surface area (Å²) in [5.74, 6) is 0.513. The van der Waals surface area contributed by atoms with Gasteiger partial charge in [-0.3, -0.25) is 9.89 Å². The lowest BCUT2D eigenvalue weighted by molar-refractivity contribution is -0.0411. The third-order valence-corrected chi connectivity index (χ3v) is 5.53. The SMILES string of the molecule is CN1CCO[C@@H](C(NCc2ccc(Cl)c(Cl)c2)c2nc3c[nH]nc3c(=O)[nH]2)C1. The van der Waals surface area contributed by atoms with Gasteiger partial charge < -0.3 is 19.9 Å². The van der Waals surface area contributed by atoms with E-state index in [1.165, 1.54) is 0 Å². The van der Waals surface area contributed by atoms with Gasteiger partial charge >= 0.3 is 0 Å². The molecule has 3 heterocycles. The molecule has 0 bridgehead atoms. The van der Waals surface area contributed by atoms with Crippen LogP contribution in [0.4, 0.5) is 0 Å². The summed E-state index contributed by atoms with van der Waals surface area (Å²) >= 11 is 12.1. The van der Waals surface area contributed by atoms with Crippen LogP contribution in [0, 0.1) is 0 Å². The van der Waals surface area contributed by atoms with Crippen LogP contribution in [-0.2, 0) is 11.3 Å². The molecular weight excluding hydrogens is 403 g/mol. The molecule has 4 rings (SSSR count). The number of aromatic nitrogens is 4. The Morgan fingerprint density at radius 1 is 1.39 bits per heavy atom. The minimum atomic E-state index is -0.316. The summed E-state index contributed by atoms with van der Waals surface area (Å²) in [6.07, 6.45) is 1.44. The second-order valence-electron chi connectivity index (χ2n) is 6.85. The van der Waals surface area contributed by atoms with Crippen molar-refractivity contribution in [3.05, 3.63) is 56.2 Å². The van der Waals surface area contributed by atoms with Crippen LogP contribution in [-0.4, -0.2) is 57.9 Å². The molecule has 28 heavy (non-hydrogen) atoms. The smallest absolute Gasteiger partial charge is 0.279 e. The molecule has 0 amide bonds. The number of benzene rings is 1. The van der Waals surface area contributed by atoms with E-state index in [2.05, 4.69) is 30.4 Å². The molecule has 148 valence electrons. The molecule has 0 saturated carbocycles. The van der Waals surface area contributed by atoms with E-state index in [1.807, 2.05) is 19.2 Å². The average Bonchev–Trinajstić information content (AvgIpc) is 3.14. The van der Waals surface area contributed by atoms with Crippen LogP contribution in [0.2, 0.25) is 10.0 Å². The van der Waals surface area contributed by atoms with Crippen molar-refractivity contribution in [2.24, 2.45) is 0 Å². The molecule has 3 aromatic rings. The Hall–Kier alpha value is -1.97. The zero-order chi connectivity index (χ0) is 19.7. The third kappa shape index (κ3) is 4.06. The standard InChI is InChI=1S/C18H20Cl2N6O2/c1-26-4-5-28-14(9-26)16(21-7-10-2-3-11(19)12(20)6-10)17-23-13-8-22-25-15(13)18(27)24-17/h2-3,6,8,14,16,21H,4-5,7,9H2,1H3,(H,22,25)(H,23,24,27)/t14-,16?/m1/s1. The second kappa shape index (κ2) is 8.18. The van der Waals surface area contributed by atoms with Crippen LogP contribution in [0.5, 0.6) is 0 Å². The predicted octanol–water partition coefficient (Wildman–Crippen LogP) is 2.11. The lowest BCUT2D eigenvalue weighted by Crippen LogP contribution is -2.47. The van der Waals surface area contributed by atoms with Gasteiger partial charge in [-0.25, -0.2) is 4.98 Å². The molecule has 1 unspecified atom stereocenters. The average molecular weight is 423 g/mol. The highest BCUT2D eigenvalue weighted by molar-refractivity contribution is 6.42. The molecule has 0 aliphatic carbocycles. The number of morpholine rings is 1. The number of rotatable bonds is 5. The molecule has 1 fully saturated rings. The van der Waals surface area contributed by atoms with Crippen molar-refractivity contribution in [3.8, 4) is 0 Å². The summed E-state index contributed by atoms with van der Waals surface area (Å²) in [6.45, 7) is 2.70. The number of aromatic amines is 2. The first-order valence-electron chi connectivity index (χ1n) is 8.92. The van der Waals surface area contributed by atoms with Gasteiger partial charge in [0, 0.05) is 25.8 Å². The van der Waals surface area contributed by atoms with Gasteiger partial charge in [0.15, 0.2) is 5.52 Å². The summed E-state index contributed by atoms with van der Waals surface area (Å²) < 4.78 is 5.99. The Kier molecular flexibility index (Phi) is 5.65. The van der Waals surface area contributed by atoms with Crippen LogP contribution in [0.15, 0.2) is 29.2 Å². The van der Waals surface area contributed by atoms with E-state index in [0.29, 0.717) is 41.1 Å². The van der Waals surface area contributed by atoms with Crippen LogP contribution in [0.25, 0.3) is 11.0 Å². The molecule has 2 aromatic heterocycles. The topological polar surface area (TPSA) is 98.9 Å². The number of fused-ring (bicyclic) bond motifs is 1. The van der Waals surface area contributed by atoms with E-state index in [0.717, 1.165) is 12.1 Å². The number of nitrogens with one attached hydrogen (secondary N) is 3. The minimum absolute atomic E-state index is 0.172. The lowest BCUT2D eigenvalue weighted by Gasteiger charge is -2.35. The molecule has 3 N–H and O–H groups in total. The van der Waals surface area contributed by atoms with Gasteiger partial charge in [-0.05, 0) is 24.7 Å². The molecule has 0 spiro atoms. The molecular formula is C18H20Cl2N6O2. The van der Waals surface area contributed by atoms with Gasteiger partial charge in [0.2, 0.25) is 0 Å². The fraction of sp³-hybridized carbons (Fsp3) is 0.389. The van der Waals surface area contributed by atoms with E-state index in [-0.39, 0.29) is 23.2 Å². The predicted molar refractivity (Wildman–Crippen MR) is 108 cm³/mol. The van der Waals surface area contributed by atoms with Gasteiger partial charge in [-0.15, -0.1) is 0 Å². The molecule has 1 aliphatic rings. The number of hydrogen-bond donors (Lipinski definition) is 3. The van der Waals surface area contributed by atoms with E-state index in [4.69, 9.17) is 27.9 Å². The number of H-pyrrole nitrogens is 2. The molecule has 2 atom stereocenters. The molecule has 1 saturated heterocycles. The number of halogens is 2. The van der Waals surface area contributed by atoms with Gasteiger partial charge in [0.25, 0.3) is 5.56 Å². The largest absolute Gasteiger partial charge is 0.373 e. The van der Waals surface area contributed by atoms with Crippen molar-refractivity contribution in [2.75, 3.05) is 26.7 Å². The van der Waals surface area contributed by atoms with Crippen molar-refractivity contribution >= 4 is 34.2 Å². The molecule has 1 aromatic carbocycles. The first-order valence-corrected chi connectivity index (χ1v) is 9.68. The number of hydrogen-bond acceptors (Lipinski definition) is 6. The Morgan fingerprint density at radius 2 is 2.25 bits per heavy atom. The maximum atomic E-state index is 12.4. The van der Waals surface area contributed by atoms with Crippen molar-refractivity contribution in [1.29, 1.82) is 0 Å². The minimum Gasteiger partial charge on any atom is -0.373 e. The van der Waals surface area contributed by atoms with E-state index in [1.54, 1.807) is 12.3 Å². The highest BCUT2D eigenvalue weighted by Gasteiger charge is 2.30. The zero-order valence-corrected chi connectivity index (χ0v) is 16.7. The van der Waals surface area contributed by atoms with Gasteiger partial charge in [-0.2, -0.15) is 5.10 Å². The first-order chi connectivity index (χ1) is 13.5. The van der Waals surface area contributed by atoms with E-state index >= 15 is 0 Å². The number of ether oxygens (including phenoxy) is 1. The fourth-order valence-electron chi connectivity index (χ4n) is 3.31. The van der Waals surface area contributed by atoms with E-state index < -0.39 is 0 Å². The van der Waals surface area contributed by atoms with Crippen LogP contribution in [0.3, 0.4) is 0 Å². The van der Waals surface area contributed by atoms with Crippen molar-refractivity contribution in [1.82, 2.24) is 30.4 Å². The molecule has 1 aliphatic heterocycles. The molecule has 10 heteroatoms. The fourth-order valence-corrected chi connectivity index (χ4v) is 3.63. The van der Waals surface area contributed by atoms with Crippen LogP contribution in [0.1, 0.15) is 17.4 Å². The highest BCUT2D eigenvalue weighted by Crippen LogP contribution is 2.24. The normalized spacial score (nSPS) is 19.2. The zero-order valence-electron chi connectivity index (χ0n) is 15.2. The molecule has 0 radical (unpaired) electrons. The molecule has 8 nitrogen and oxygen atoms in total. The summed E-state index contributed by atoms with van der Waals surface area (Å²) in [4.78, 5) is 22.0. The monoisotopic (exact) mass is 422 g/mol. The maximum absolute atomic E-state index is 12.4. The maximum Gasteiger partial charge on any atom is 0.279 e. The van der Waals surface area contributed by atoms with Crippen molar-refractivity contribution in [2.45, 2.75) is 18.7 Å². The van der Waals surface area contributed by atoms with Crippen molar-refractivity contribution < 1.29 is 4.74 Å². The Bertz CT molecular complexity index is 1040. The number of likely N-dealkylation sites (N-methyl/N-ethyl adjacent to an activating group) is 1. The van der Waals surface area contributed by atoms with Crippen LogP contribution >= 0.6 is 23.2 Å². The Balaban J connectivity index is 1.64. The first kappa shape index (κ1) is 19.4. The third-order valence-electron chi connectivity index (χ3n) is 4.79. The Morgan fingerprint density at radius 3 is 3.04 bits per heavy atom. The quantitative estimate of drug-likeness (QED) is 0.582. The summed E-state index contributed by atoms with van der Waals surface area (Å²) in [7, 11) is 2.04. The highest BCUT2D eigenvalue weighted by atomic mass is 35.5. The van der Waals surface area contributed by atoms with Gasteiger partial charge in [0.1, 0.15) is 11.3 Å².